The van der Waals surface area contributed by atoms with Crippen LogP contribution < -0.4 is 10.6 Å². The lowest BCUT2D eigenvalue weighted by molar-refractivity contribution is -0.122. The lowest BCUT2D eigenvalue weighted by Crippen LogP contribution is -2.46. The number of aromatic amines is 1. The Hall–Kier alpha value is -2.44. The standard InChI is InChI=1S/C14H19N5O2/c1-8(2)7-11(14(21)15-3)16-13(20)9-5-4-6-10-12(9)18-19-17-10/h4-6,8,11H,7H2,1-3H3,(H,15,21)(H,16,20)(H,17,18,19). The Kier molecular flexibility index (Phi) is 4.52. The molecule has 0 radical (unpaired) electrons. The van der Waals surface area contributed by atoms with Crippen LogP contribution in [-0.2, 0) is 4.79 Å². The second kappa shape index (κ2) is 6.34. The van der Waals surface area contributed by atoms with Crippen molar-refractivity contribution >= 4 is 22.8 Å². The maximum Gasteiger partial charge on any atom is 0.254 e. The summed E-state index contributed by atoms with van der Waals surface area (Å²) in [7, 11) is 1.56. The van der Waals surface area contributed by atoms with E-state index in [-0.39, 0.29) is 17.7 Å². The van der Waals surface area contributed by atoms with E-state index < -0.39 is 6.04 Å². The molecule has 1 aromatic carbocycles. The molecular formula is C14H19N5O2. The SMILES string of the molecule is CNC(=O)C(CC(C)C)NC(=O)c1cccc2n[nH]nc12. The molecule has 1 aromatic heterocycles. The van der Waals surface area contributed by atoms with E-state index in [0.717, 1.165) is 0 Å². The number of aromatic nitrogens is 3. The zero-order chi connectivity index (χ0) is 15.4. The maximum atomic E-state index is 12.4. The molecule has 0 aliphatic rings. The molecule has 0 saturated carbocycles. The van der Waals surface area contributed by atoms with Gasteiger partial charge in [0.25, 0.3) is 5.91 Å². The molecule has 1 unspecified atom stereocenters. The third kappa shape index (κ3) is 3.36. The highest BCUT2D eigenvalue weighted by Crippen LogP contribution is 2.14. The maximum absolute atomic E-state index is 12.4. The molecule has 2 aromatic rings. The number of para-hydroxylation sites is 1. The zero-order valence-corrected chi connectivity index (χ0v) is 12.3. The predicted octanol–water partition coefficient (Wildman–Crippen LogP) is 0.848. The first-order valence-corrected chi connectivity index (χ1v) is 6.85. The van der Waals surface area contributed by atoms with Crippen molar-refractivity contribution in [1.82, 2.24) is 26.0 Å². The molecule has 0 aliphatic carbocycles. The number of amides is 2. The fourth-order valence-electron chi connectivity index (χ4n) is 2.16. The number of fused-ring (bicyclic) bond motifs is 1. The van der Waals surface area contributed by atoms with E-state index in [9.17, 15) is 9.59 Å². The molecule has 3 N–H and O–H groups in total. The average Bonchev–Trinajstić information content (AvgIpc) is 2.93. The Morgan fingerprint density at radius 1 is 1.29 bits per heavy atom. The summed E-state index contributed by atoms with van der Waals surface area (Å²) < 4.78 is 0. The van der Waals surface area contributed by atoms with Gasteiger partial charge in [-0.2, -0.15) is 15.4 Å². The number of likely N-dealkylation sites (N-methyl/N-ethyl adjacent to an activating group) is 1. The van der Waals surface area contributed by atoms with Gasteiger partial charge in [-0.05, 0) is 24.5 Å². The fourth-order valence-corrected chi connectivity index (χ4v) is 2.16. The number of benzene rings is 1. The highest BCUT2D eigenvalue weighted by molar-refractivity contribution is 6.05. The number of carbonyl (C=O) groups is 2. The van der Waals surface area contributed by atoms with Gasteiger partial charge in [0, 0.05) is 7.05 Å². The summed E-state index contributed by atoms with van der Waals surface area (Å²) >= 11 is 0. The lowest BCUT2D eigenvalue weighted by atomic mass is 10.0. The zero-order valence-electron chi connectivity index (χ0n) is 12.3. The Balaban J connectivity index is 2.22. The summed E-state index contributed by atoms with van der Waals surface area (Å²) in [5.41, 5.74) is 1.51. The average molecular weight is 289 g/mol. The summed E-state index contributed by atoms with van der Waals surface area (Å²) in [6, 6.07) is 4.60. The molecular weight excluding hydrogens is 270 g/mol. The van der Waals surface area contributed by atoms with Gasteiger partial charge in [-0.1, -0.05) is 19.9 Å². The molecule has 1 heterocycles. The Morgan fingerprint density at radius 2 is 2.05 bits per heavy atom. The van der Waals surface area contributed by atoms with Crippen molar-refractivity contribution in [1.29, 1.82) is 0 Å². The van der Waals surface area contributed by atoms with Crippen LogP contribution in [0.1, 0.15) is 30.6 Å². The number of hydrogen-bond donors (Lipinski definition) is 3. The van der Waals surface area contributed by atoms with Crippen LogP contribution in [0, 0.1) is 5.92 Å². The largest absolute Gasteiger partial charge is 0.357 e. The molecule has 2 rings (SSSR count). The highest BCUT2D eigenvalue weighted by atomic mass is 16.2. The summed E-state index contributed by atoms with van der Waals surface area (Å²) in [6.45, 7) is 4.00. The minimum absolute atomic E-state index is 0.204. The van der Waals surface area contributed by atoms with Crippen molar-refractivity contribution in [2.24, 2.45) is 5.92 Å². The first kappa shape index (κ1) is 15.0. The van der Waals surface area contributed by atoms with Gasteiger partial charge in [-0.3, -0.25) is 9.59 Å². The van der Waals surface area contributed by atoms with Gasteiger partial charge in [0.1, 0.15) is 17.1 Å². The predicted molar refractivity (Wildman–Crippen MR) is 78.7 cm³/mol. The topological polar surface area (TPSA) is 99.8 Å². The minimum Gasteiger partial charge on any atom is -0.357 e. The quantitative estimate of drug-likeness (QED) is 0.759. The van der Waals surface area contributed by atoms with E-state index in [4.69, 9.17) is 0 Å². The van der Waals surface area contributed by atoms with Crippen molar-refractivity contribution in [3.63, 3.8) is 0 Å². The smallest absolute Gasteiger partial charge is 0.254 e. The van der Waals surface area contributed by atoms with Crippen LogP contribution in [0.3, 0.4) is 0 Å². The van der Waals surface area contributed by atoms with Gasteiger partial charge in [-0.25, -0.2) is 0 Å². The Morgan fingerprint density at radius 3 is 2.71 bits per heavy atom. The van der Waals surface area contributed by atoms with Gasteiger partial charge >= 0.3 is 0 Å². The van der Waals surface area contributed by atoms with Crippen molar-refractivity contribution in [2.75, 3.05) is 7.05 Å². The van der Waals surface area contributed by atoms with Gasteiger partial charge in [-0.15, -0.1) is 0 Å². The molecule has 7 nitrogen and oxygen atoms in total. The molecule has 21 heavy (non-hydrogen) atoms. The molecule has 0 bridgehead atoms. The van der Waals surface area contributed by atoms with E-state index in [1.807, 2.05) is 13.8 Å². The number of nitrogens with zero attached hydrogens (tertiary/aromatic N) is 2. The molecule has 0 spiro atoms. The van der Waals surface area contributed by atoms with E-state index in [1.54, 1.807) is 25.2 Å². The first-order chi connectivity index (χ1) is 10.0. The number of rotatable bonds is 5. The second-order valence-electron chi connectivity index (χ2n) is 5.27. The molecule has 0 aliphatic heterocycles. The molecule has 1 atom stereocenters. The van der Waals surface area contributed by atoms with E-state index in [1.165, 1.54) is 0 Å². The third-order valence-electron chi connectivity index (χ3n) is 3.17. The lowest BCUT2D eigenvalue weighted by Gasteiger charge is -2.19. The number of H-pyrrole nitrogens is 1. The summed E-state index contributed by atoms with van der Waals surface area (Å²) in [5.74, 6) is -0.247. The van der Waals surface area contributed by atoms with E-state index >= 15 is 0 Å². The van der Waals surface area contributed by atoms with Gasteiger partial charge in [0.05, 0.1) is 5.56 Å². The monoisotopic (exact) mass is 289 g/mol. The second-order valence-corrected chi connectivity index (χ2v) is 5.27. The molecule has 112 valence electrons. The van der Waals surface area contributed by atoms with E-state index in [0.29, 0.717) is 23.0 Å². The number of carbonyl (C=O) groups excluding carboxylic acids is 2. The van der Waals surface area contributed by atoms with Crippen LogP contribution in [-0.4, -0.2) is 40.3 Å². The molecule has 2 amide bonds. The Bertz CT molecular complexity index is 650. The normalized spacial score (nSPS) is 12.4. The van der Waals surface area contributed by atoms with Crippen LogP contribution in [0.2, 0.25) is 0 Å². The fraction of sp³-hybridized carbons (Fsp3) is 0.429. The summed E-state index contributed by atoms with van der Waals surface area (Å²) in [4.78, 5) is 24.3. The van der Waals surface area contributed by atoms with Gasteiger partial charge in [0.2, 0.25) is 5.91 Å². The first-order valence-electron chi connectivity index (χ1n) is 6.85. The number of nitrogens with one attached hydrogen (secondary N) is 3. The molecule has 0 fully saturated rings. The van der Waals surface area contributed by atoms with Crippen LogP contribution in [0.4, 0.5) is 0 Å². The van der Waals surface area contributed by atoms with Crippen LogP contribution in [0.5, 0.6) is 0 Å². The van der Waals surface area contributed by atoms with Crippen molar-refractivity contribution in [2.45, 2.75) is 26.3 Å². The van der Waals surface area contributed by atoms with Crippen molar-refractivity contribution < 1.29 is 9.59 Å². The van der Waals surface area contributed by atoms with Crippen LogP contribution in [0.25, 0.3) is 11.0 Å². The van der Waals surface area contributed by atoms with Crippen LogP contribution >= 0.6 is 0 Å². The van der Waals surface area contributed by atoms with Gasteiger partial charge < -0.3 is 10.6 Å². The number of hydrogen-bond acceptors (Lipinski definition) is 4. The highest BCUT2D eigenvalue weighted by Gasteiger charge is 2.22. The summed E-state index contributed by atoms with van der Waals surface area (Å²) in [5, 5.41) is 15.8. The third-order valence-corrected chi connectivity index (χ3v) is 3.17. The van der Waals surface area contributed by atoms with Crippen molar-refractivity contribution in [3.8, 4) is 0 Å². The van der Waals surface area contributed by atoms with Crippen LogP contribution in [0.15, 0.2) is 18.2 Å². The van der Waals surface area contributed by atoms with Gasteiger partial charge in [0.15, 0.2) is 0 Å². The van der Waals surface area contributed by atoms with E-state index in [2.05, 4.69) is 26.0 Å². The molecule has 7 heteroatoms. The van der Waals surface area contributed by atoms with Crippen molar-refractivity contribution in [3.05, 3.63) is 23.8 Å². The summed E-state index contributed by atoms with van der Waals surface area (Å²) in [6.07, 6.45) is 0.570. The minimum atomic E-state index is -0.565. The Labute approximate surface area is 122 Å². The molecule has 0 saturated heterocycles.